The molecule has 0 bridgehead atoms. The second-order valence-electron chi connectivity index (χ2n) is 8.04. The Labute approximate surface area is 224 Å². The number of alkyl halides is 3. The van der Waals surface area contributed by atoms with Crippen molar-refractivity contribution in [3.05, 3.63) is 71.8 Å². The van der Waals surface area contributed by atoms with Gasteiger partial charge in [0.2, 0.25) is 5.91 Å². The Hall–Kier alpha value is -4.13. The summed E-state index contributed by atoms with van der Waals surface area (Å²) in [5.74, 6) is 0.469. The number of benzene rings is 3. The maximum atomic E-state index is 13.7. The monoisotopic (exact) mass is 568 g/mol. The number of nitrogens with one attached hydrogen (secondary N) is 1. The second-order valence-corrected chi connectivity index (χ2v) is 9.90. The van der Waals surface area contributed by atoms with E-state index < -0.39 is 34.2 Å². The smallest absolute Gasteiger partial charge is 0.416 e. The lowest BCUT2D eigenvalue weighted by molar-refractivity contribution is -0.137. The molecule has 0 heterocycles. The number of nitrogens with zero attached hydrogens (tertiary/aromatic N) is 1. The fourth-order valence-corrected chi connectivity index (χ4v) is 5.06. The number of rotatable bonds is 11. The standard InChI is InChI=1S/C26H27F3N2O7S/c1-35-21-10-8-17(12-23(21)37-3)15-30-25(32)16-31(19-7-5-6-18(13-19)26(27,28)29)39(33,34)20-9-11-22(36-2)24(14-20)38-4/h5-14H,15-16H2,1-4H3,(H,30,32). The molecule has 210 valence electrons. The van der Waals surface area contributed by atoms with Crippen LogP contribution in [0.1, 0.15) is 11.1 Å². The summed E-state index contributed by atoms with van der Waals surface area (Å²) in [7, 11) is 1.06. The number of hydrogen-bond acceptors (Lipinski definition) is 7. The van der Waals surface area contributed by atoms with E-state index in [1.165, 1.54) is 46.6 Å². The number of methoxy groups -OCH3 is 4. The van der Waals surface area contributed by atoms with Gasteiger partial charge in [0.1, 0.15) is 6.54 Å². The summed E-state index contributed by atoms with van der Waals surface area (Å²) < 4.78 is 88.9. The summed E-state index contributed by atoms with van der Waals surface area (Å²) in [6.45, 7) is -0.808. The molecule has 0 unspecified atom stereocenters. The van der Waals surface area contributed by atoms with Gasteiger partial charge in [-0.15, -0.1) is 0 Å². The van der Waals surface area contributed by atoms with Gasteiger partial charge in [-0.2, -0.15) is 13.2 Å². The van der Waals surface area contributed by atoms with Gasteiger partial charge in [-0.25, -0.2) is 8.42 Å². The Kier molecular flexibility index (Phi) is 9.17. The second kappa shape index (κ2) is 12.2. The number of amides is 1. The molecule has 1 amide bonds. The average molecular weight is 569 g/mol. The zero-order valence-corrected chi connectivity index (χ0v) is 22.4. The van der Waals surface area contributed by atoms with E-state index in [1.807, 2.05) is 0 Å². The lowest BCUT2D eigenvalue weighted by atomic mass is 10.2. The van der Waals surface area contributed by atoms with Gasteiger partial charge in [-0.05, 0) is 48.0 Å². The normalized spacial score (nSPS) is 11.5. The number of anilines is 1. The van der Waals surface area contributed by atoms with Crippen LogP contribution in [-0.4, -0.2) is 49.3 Å². The quantitative estimate of drug-likeness (QED) is 0.369. The lowest BCUT2D eigenvalue weighted by Crippen LogP contribution is -2.40. The molecule has 0 saturated heterocycles. The Bertz CT molecular complexity index is 1430. The third-order valence-corrected chi connectivity index (χ3v) is 7.40. The van der Waals surface area contributed by atoms with Crippen LogP contribution in [0.4, 0.5) is 18.9 Å². The molecule has 13 heteroatoms. The van der Waals surface area contributed by atoms with Crippen LogP contribution in [0.25, 0.3) is 0 Å². The molecule has 1 N–H and O–H groups in total. The van der Waals surface area contributed by atoms with Gasteiger partial charge < -0.3 is 24.3 Å². The van der Waals surface area contributed by atoms with Crippen LogP contribution in [0, 0.1) is 0 Å². The number of ether oxygens (including phenoxy) is 4. The van der Waals surface area contributed by atoms with Crippen LogP contribution in [0.2, 0.25) is 0 Å². The predicted molar refractivity (Wildman–Crippen MR) is 137 cm³/mol. The molecule has 0 atom stereocenters. The molecule has 39 heavy (non-hydrogen) atoms. The Morgan fingerprint density at radius 2 is 1.41 bits per heavy atom. The fourth-order valence-electron chi connectivity index (χ4n) is 3.63. The van der Waals surface area contributed by atoms with E-state index in [0.29, 0.717) is 27.4 Å². The Balaban J connectivity index is 1.96. The van der Waals surface area contributed by atoms with Gasteiger partial charge in [0, 0.05) is 12.6 Å². The minimum absolute atomic E-state index is 0.00791. The zero-order valence-electron chi connectivity index (χ0n) is 21.5. The highest BCUT2D eigenvalue weighted by Gasteiger charge is 2.33. The van der Waals surface area contributed by atoms with Gasteiger partial charge in [0.25, 0.3) is 10.0 Å². The van der Waals surface area contributed by atoms with Crippen molar-refractivity contribution in [3.8, 4) is 23.0 Å². The van der Waals surface area contributed by atoms with E-state index in [2.05, 4.69) is 5.32 Å². The van der Waals surface area contributed by atoms with Gasteiger partial charge >= 0.3 is 6.18 Å². The Morgan fingerprint density at radius 1 is 0.821 bits per heavy atom. The van der Waals surface area contributed by atoms with Crippen molar-refractivity contribution >= 4 is 21.6 Å². The number of carbonyl (C=O) groups excluding carboxylic acids is 1. The number of halogens is 3. The summed E-state index contributed by atoms with van der Waals surface area (Å²) >= 11 is 0. The first-order chi connectivity index (χ1) is 18.4. The number of carbonyl (C=O) groups is 1. The minimum Gasteiger partial charge on any atom is -0.493 e. The molecule has 0 fully saturated rings. The third-order valence-electron chi connectivity index (χ3n) is 5.63. The van der Waals surface area contributed by atoms with Crippen LogP contribution in [0.15, 0.2) is 65.6 Å². The minimum atomic E-state index is -4.73. The van der Waals surface area contributed by atoms with Crippen molar-refractivity contribution in [2.75, 3.05) is 39.3 Å². The first-order valence-corrected chi connectivity index (χ1v) is 12.8. The molecule has 0 aliphatic rings. The molecular formula is C26H27F3N2O7S. The topological polar surface area (TPSA) is 103 Å². The summed E-state index contributed by atoms with van der Waals surface area (Å²) in [5, 5.41) is 2.59. The molecule has 3 aromatic carbocycles. The molecular weight excluding hydrogens is 541 g/mol. The highest BCUT2D eigenvalue weighted by atomic mass is 32.2. The number of hydrogen-bond donors (Lipinski definition) is 1. The number of sulfonamides is 1. The van der Waals surface area contributed by atoms with Crippen molar-refractivity contribution in [1.29, 1.82) is 0 Å². The predicted octanol–water partition coefficient (Wildman–Crippen LogP) is 4.25. The fraction of sp³-hybridized carbons (Fsp3) is 0.269. The summed E-state index contributed by atoms with van der Waals surface area (Å²) in [4.78, 5) is 12.6. The Morgan fingerprint density at radius 3 is 2.00 bits per heavy atom. The van der Waals surface area contributed by atoms with Gasteiger partial charge in [-0.1, -0.05) is 12.1 Å². The molecule has 0 aliphatic carbocycles. The summed E-state index contributed by atoms with van der Waals surface area (Å²) in [6.07, 6.45) is -4.73. The third kappa shape index (κ3) is 6.85. The van der Waals surface area contributed by atoms with Crippen LogP contribution >= 0.6 is 0 Å². The first kappa shape index (κ1) is 29.4. The zero-order chi connectivity index (χ0) is 28.8. The highest BCUT2D eigenvalue weighted by Crippen LogP contribution is 2.35. The maximum absolute atomic E-state index is 13.7. The van der Waals surface area contributed by atoms with Crippen molar-refractivity contribution < 1.29 is 45.3 Å². The van der Waals surface area contributed by atoms with E-state index in [9.17, 15) is 26.4 Å². The van der Waals surface area contributed by atoms with Crippen molar-refractivity contribution in [1.82, 2.24) is 5.32 Å². The maximum Gasteiger partial charge on any atom is 0.416 e. The average Bonchev–Trinajstić information content (AvgIpc) is 2.93. The molecule has 0 aromatic heterocycles. The van der Waals surface area contributed by atoms with Crippen molar-refractivity contribution in [3.63, 3.8) is 0 Å². The van der Waals surface area contributed by atoms with Crippen LogP contribution in [-0.2, 0) is 27.5 Å². The van der Waals surface area contributed by atoms with Gasteiger partial charge in [0.15, 0.2) is 23.0 Å². The molecule has 0 radical (unpaired) electrons. The highest BCUT2D eigenvalue weighted by molar-refractivity contribution is 7.92. The van der Waals surface area contributed by atoms with E-state index in [0.717, 1.165) is 18.2 Å². The van der Waals surface area contributed by atoms with E-state index >= 15 is 0 Å². The van der Waals surface area contributed by atoms with Crippen molar-refractivity contribution in [2.45, 2.75) is 17.6 Å². The summed E-state index contributed by atoms with van der Waals surface area (Å²) in [6, 6.07) is 12.4. The van der Waals surface area contributed by atoms with Crippen molar-refractivity contribution in [2.24, 2.45) is 0 Å². The first-order valence-electron chi connectivity index (χ1n) is 11.3. The van der Waals surface area contributed by atoms with E-state index in [-0.39, 0.29) is 28.6 Å². The van der Waals surface area contributed by atoms with Gasteiger partial charge in [-0.3, -0.25) is 9.10 Å². The van der Waals surface area contributed by atoms with E-state index in [1.54, 1.807) is 18.2 Å². The molecule has 0 saturated carbocycles. The van der Waals surface area contributed by atoms with Gasteiger partial charge in [0.05, 0.1) is 44.6 Å². The lowest BCUT2D eigenvalue weighted by Gasteiger charge is -2.25. The summed E-state index contributed by atoms with van der Waals surface area (Å²) in [5.41, 5.74) is -0.798. The molecule has 3 rings (SSSR count). The molecule has 0 aliphatic heterocycles. The SMILES string of the molecule is COc1ccc(CNC(=O)CN(c2cccc(C(F)(F)F)c2)S(=O)(=O)c2ccc(OC)c(OC)c2)cc1OC. The van der Waals surface area contributed by atoms with Crippen LogP contribution < -0.4 is 28.6 Å². The molecule has 0 spiro atoms. The molecule has 3 aromatic rings. The largest absolute Gasteiger partial charge is 0.493 e. The molecule has 9 nitrogen and oxygen atoms in total. The van der Waals surface area contributed by atoms with Crippen LogP contribution in [0.5, 0.6) is 23.0 Å². The van der Waals surface area contributed by atoms with E-state index in [4.69, 9.17) is 18.9 Å². The van der Waals surface area contributed by atoms with Crippen LogP contribution in [0.3, 0.4) is 0 Å².